The fourth-order valence-corrected chi connectivity index (χ4v) is 6.16. The summed E-state index contributed by atoms with van der Waals surface area (Å²) in [5.74, 6) is 1.42. The molecule has 0 unspecified atom stereocenters. The molecular weight excluding hydrogens is 757 g/mol. The number of hydrogen-bond donors (Lipinski definition) is 0. The normalized spacial score (nSPS) is 13.4. The van der Waals surface area contributed by atoms with Gasteiger partial charge in [0.2, 0.25) is 11.8 Å². The highest BCUT2D eigenvalue weighted by Crippen LogP contribution is 2.34. The first-order chi connectivity index (χ1) is 26.0. The summed E-state index contributed by atoms with van der Waals surface area (Å²) in [4.78, 5) is 21.5. The van der Waals surface area contributed by atoms with Crippen LogP contribution in [0.25, 0.3) is 6.08 Å². The third kappa shape index (κ3) is 11.9. The molecule has 1 aromatic heterocycles. The van der Waals surface area contributed by atoms with Crippen LogP contribution >= 0.6 is 24.0 Å². The molecule has 288 valence electrons. The van der Waals surface area contributed by atoms with E-state index in [0.29, 0.717) is 47.5 Å². The first kappa shape index (κ1) is 41.1. The molecule has 13 heteroatoms. The van der Waals surface area contributed by atoms with Crippen LogP contribution in [-0.2, 0) is 30.5 Å². The van der Waals surface area contributed by atoms with Gasteiger partial charge in [0.1, 0.15) is 23.9 Å². The largest absolute Gasteiger partial charge is 0.493 e. The third-order valence-electron chi connectivity index (χ3n) is 8.86. The zero-order chi connectivity index (χ0) is 38.1. The van der Waals surface area contributed by atoms with Crippen LogP contribution in [0.1, 0.15) is 33.4 Å². The maximum atomic E-state index is 13.1. The summed E-state index contributed by atoms with van der Waals surface area (Å²) in [5, 5.41) is 0.353. The van der Waals surface area contributed by atoms with Gasteiger partial charge in [-0.2, -0.15) is 13.2 Å². The summed E-state index contributed by atoms with van der Waals surface area (Å²) in [6, 6.07) is 26.1. The van der Waals surface area contributed by atoms with Gasteiger partial charge in [0.15, 0.2) is 5.75 Å². The van der Waals surface area contributed by atoms with Crippen LogP contribution < -0.4 is 14.2 Å². The number of aryl methyl sites for hydroxylation is 1. The predicted molar refractivity (Wildman–Crippen MR) is 206 cm³/mol. The number of carbonyl (C=O) groups excluding carboxylic acids is 1. The first-order valence-corrected chi connectivity index (χ1v) is 17.7. The SMILES string of the molecule is Cc1cc(C=CC(=O)N2CCN(Cc3ccc(CCOc4ccc(F)cc4)cc3)CC2)cc(Cl)c1Oc1ccc(OCc2ccc(C(F)(F)F)cc2)cn1.Cl. The number of hydrogen-bond acceptors (Lipinski definition) is 6. The van der Waals surface area contributed by atoms with E-state index in [-0.39, 0.29) is 36.6 Å². The molecule has 6 rings (SSSR count). The van der Waals surface area contributed by atoms with Crippen molar-refractivity contribution in [3.8, 4) is 23.1 Å². The Hall–Kier alpha value is -5.10. The van der Waals surface area contributed by atoms with E-state index in [1.54, 1.807) is 42.5 Å². The molecule has 1 fully saturated rings. The number of nitrogens with zero attached hydrogens (tertiary/aromatic N) is 3. The number of pyridine rings is 1. The lowest BCUT2D eigenvalue weighted by Crippen LogP contribution is -2.47. The van der Waals surface area contributed by atoms with Gasteiger partial charge in [0.25, 0.3) is 0 Å². The van der Waals surface area contributed by atoms with Crippen molar-refractivity contribution in [1.29, 1.82) is 0 Å². The Morgan fingerprint density at radius 1 is 0.836 bits per heavy atom. The highest BCUT2D eigenvalue weighted by Gasteiger charge is 2.30. The van der Waals surface area contributed by atoms with Gasteiger partial charge in [-0.05, 0) is 95.4 Å². The molecule has 1 aliphatic rings. The molecule has 1 amide bonds. The van der Waals surface area contributed by atoms with Crippen molar-refractivity contribution >= 4 is 36.0 Å². The first-order valence-electron chi connectivity index (χ1n) is 17.4. The Balaban J connectivity index is 0.00000580. The highest BCUT2D eigenvalue weighted by atomic mass is 35.5. The summed E-state index contributed by atoms with van der Waals surface area (Å²) in [7, 11) is 0. The number of benzene rings is 4. The lowest BCUT2D eigenvalue weighted by atomic mass is 10.1. The Bertz CT molecular complexity index is 2010. The molecule has 0 atom stereocenters. The fourth-order valence-electron chi connectivity index (χ4n) is 5.84. The van der Waals surface area contributed by atoms with E-state index in [1.165, 1.54) is 36.0 Å². The highest BCUT2D eigenvalue weighted by molar-refractivity contribution is 6.32. The lowest BCUT2D eigenvalue weighted by molar-refractivity contribution is -0.137. The predicted octanol–water partition coefficient (Wildman–Crippen LogP) is 9.97. The molecule has 0 N–H and O–H groups in total. The zero-order valence-electron chi connectivity index (χ0n) is 29.9. The smallest absolute Gasteiger partial charge is 0.416 e. The zero-order valence-corrected chi connectivity index (χ0v) is 31.5. The monoisotopic (exact) mass is 795 g/mol. The molecular formula is C42H39Cl2F4N3O4. The molecule has 2 heterocycles. The average Bonchev–Trinajstić information content (AvgIpc) is 3.16. The summed E-state index contributed by atoms with van der Waals surface area (Å²) in [5.41, 5.74) is 3.74. The molecule has 7 nitrogen and oxygen atoms in total. The van der Waals surface area contributed by atoms with Crippen LogP contribution in [0.15, 0.2) is 109 Å². The van der Waals surface area contributed by atoms with Crippen LogP contribution in [0.5, 0.6) is 23.1 Å². The second kappa shape index (κ2) is 19.0. The molecule has 0 spiro atoms. The lowest BCUT2D eigenvalue weighted by Gasteiger charge is -2.34. The number of ether oxygens (including phenoxy) is 3. The van der Waals surface area contributed by atoms with Crippen molar-refractivity contribution in [2.45, 2.75) is 32.7 Å². The summed E-state index contributed by atoms with van der Waals surface area (Å²) >= 11 is 6.58. The molecule has 0 aliphatic carbocycles. The number of piperazine rings is 1. The number of rotatable bonds is 13. The summed E-state index contributed by atoms with van der Waals surface area (Å²) in [6.07, 6.45) is 1.12. The molecule has 5 aromatic rings. The van der Waals surface area contributed by atoms with Crippen LogP contribution in [0, 0.1) is 12.7 Å². The van der Waals surface area contributed by atoms with Gasteiger partial charge in [-0.25, -0.2) is 9.37 Å². The summed E-state index contributed by atoms with van der Waals surface area (Å²) in [6.45, 7) is 6.02. The number of alkyl halides is 3. The van der Waals surface area contributed by atoms with Gasteiger partial charge in [-0.1, -0.05) is 48.0 Å². The number of carbonyl (C=O) groups is 1. The third-order valence-corrected chi connectivity index (χ3v) is 9.14. The standard InChI is InChI=1S/C42H38ClF4N3O4.ClH/c1-29-24-33(25-38(43)41(29)54-39-16-15-37(26-48-39)53-28-32-6-9-34(10-7-32)42(45,46)47)8-17-40(51)50-21-19-49(20-22-50)27-31-4-2-30(3-5-31)18-23-52-36-13-11-35(44)12-14-36;/h2-17,24-26H,18-23,27-28H2,1H3;1H. The molecule has 4 aromatic carbocycles. The fraction of sp³-hybridized carbons (Fsp3) is 0.238. The number of amides is 1. The van der Waals surface area contributed by atoms with Crippen LogP contribution in [-0.4, -0.2) is 53.5 Å². The average molecular weight is 797 g/mol. The van der Waals surface area contributed by atoms with Gasteiger partial charge >= 0.3 is 6.18 Å². The summed E-state index contributed by atoms with van der Waals surface area (Å²) < 4.78 is 68.8. The van der Waals surface area contributed by atoms with Gasteiger partial charge in [-0.3, -0.25) is 9.69 Å². The van der Waals surface area contributed by atoms with Crippen molar-refractivity contribution < 1.29 is 36.6 Å². The molecule has 0 bridgehead atoms. The topological polar surface area (TPSA) is 64.1 Å². The van der Waals surface area contributed by atoms with Gasteiger partial charge < -0.3 is 19.1 Å². The van der Waals surface area contributed by atoms with Crippen molar-refractivity contribution in [2.75, 3.05) is 32.8 Å². The van der Waals surface area contributed by atoms with E-state index in [0.717, 1.165) is 54.9 Å². The molecule has 1 saturated heterocycles. The maximum Gasteiger partial charge on any atom is 0.416 e. The van der Waals surface area contributed by atoms with E-state index in [1.807, 2.05) is 17.9 Å². The van der Waals surface area contributed by atoms with Gasteiger partial charge in [-0.15, -0.1) is 12.4 Å². The van der Waals surface area contributed by atoms with Crippen LogP contribution in [0.4, 0.5) is 17.6 Å². The minimum absolute atomic E-state index is 0. The second-order valence-electron chi connectivity index (χ2n) is 12.9. The molecule has 0 saturated carbocycles. The van der Waals surface area contributed by atoms with Crippen molar-refractivity contribution in [3.05, 3.63) is 154 Å². The maximum absolute atomic E-state index is 13.1. The Morgan fingerprint density at radius 2 is 1.49 bits per heavy atom. The molecule has 55 heavy (non-hydrogen) atoms. The van der Waals surface area contributed by atoms with E-state index in [9.17, 15) is 22.4 Å². The quantitative estimate of drug-likeness (QED) is 0.0874. The Kier molecular flexibility index (Phi) is 14.2. The van der Waals surface area contributed by atoms with Crippen molar-refractivity contribution in [1.82, 2.24) is 14.8 Å². The van der Waals surface area contributed by atoms with Gasteiger partial charge in [0.05, 0.1) is 23.4 Å². The Morgan fingerprint density at radius 3 is 2.13 bits per heavy atom. The molecule has 1 aliphatic heterocycles. The van der Waals surface area contributed by atoms with E-state index < -0.39 is 11.7 Å². The second-order valence-corrected chi connectivity index (χ2v) is 13.3. The Labute approximate surface area is 328 Å². The number of halogens is 6. The van der Waals surface area contributed by atoms with Crippen molar-refractivity contribution in [2.24, 2.45) is 0 Å². The van der Waals surface area contributed by atoms with E-state index in [2.05, 4.69) is 34.1 Å². The minimum Gasteiger partial charge on any atom is -0.493 e. The minimum atomic E-state index is -4.39. The van der Waals surface area contributed by atoms with E-state index in [4.69, 9.17) is 25.8 Å². The van der Waals surface area contributed by atoms with E-state index >= 15 is 0 Å². The number of aromatic nitrogens is 1. The molecule has 0 radical (unpaired) electrons. The van der Waals surface area contributed by atoms with Crippen molar-refractivity contribution in [3.63, 3.8) is 0 Å². The van der Waals surface area contributed by atoms with Gasteiger partial charge in [0, 0.05) is 51.3 Å². The van der Waals surface area contributed by atoms with Crippen LogP contribution in [0.2, 0.25) is 5.02 Å². The van der Waals surface area contributed by atoms with Crippen LogP contribution in [0.3, 0.4) is 0 Å².